The third-order valence-electron chi connectivity index (χ3n) is 3.76. The minimum atomic E-state index is -3.65. The van der Waals surface area contributed by atoms with Crippen molar-refractivity contribution < 1.29 is 13.2 Å². The lowest BCUT2D eigenvalue weighted by Gasteiger charge is -2.25. The molecule has 1 aliphatic heterocycles. The van der Waals surface area contributed by atoms with Crippen LogP contribution >= 0.6 is 11.3 Å². The molecule has 1 N–H and O–H groups in total. The maximum atomic E-state index is 12.5. The van der Waals surface area contributed by atoms with Crippen molar-refractivity contribution >= 4 is 33.1 Å². The molecular weight excluding hydrogens is 336 g/mol. The molecule has 0 fully saturated rings. The fourth-order valence-corrected chi connectivity index (χ4v) is 5.03. The molecule has 0 bridgehead atoms. The Labute approximate surface area is 139 Å². The third kappa shape index (κ3) is 3.25. The summed E-state index contributed by atoms with van der Waals surface area (Å²) < 4.78 is 29.4. The highest BCUT2D eigenvalue weighted by molar-refractivity contribution is 7.94. The van der Waals surface area contributed by atoms with Gasteiger partial charge in [-0.05, 0) is 25.0 Å². The second-order valence-corrected chi connectivity index (χ2v) is 8.41. The first-order valence-corrected chi connectivity index (χ1v) is 9.62. The van der Waals surface area contributed by atoms with Gasteiger partial charge in [0, 0.05) is 43.7 Å². The molecule has 2 aromatic rings. The number of sulfonamides is 1. The maximum absolute atomic E-state index is 12.5. The van der Waals surface area contributed by atoms with E-state index in [-0.39, 0.29) is 10.1 Å². The Morgan fingerprint density at radius 2 is 2.26 bits per heavy atom. The van der Waals surface area contributed by atoms with Crippen molar-refractivity contribution in [2.75, 3.05) is 11.3 Å². The summed E-state index contributed by atoms with van der Waals surface area (Å²) in [5.41, 5.74) is 0.913. The molecule has 0 aliphatic carbocycles. The summed E-state index contributed by atoms with van der Waals surface area (Å²) >= 11 is 1.26. The number of carbonyl (C=O) groups is 1. The molecule has 23 heavy (non-hydrogen) atoms. The number of fused-ring (bicyclic) bond motifs is 1. The van der Waals surface area contributed by atoms with Gasteiger partial charge in [0.15, 0.2) is 5.82 Å². The summed E-state index contributed by atoms with van der Waals surface area (Å²) in [6.45, 7) is 5.24. The van der Waals surface area contributed by atoms with Crippen LogP contribution in [-0.4, -0.2) is 35.6 Å². The van der Waals surface area contributed by atoms with Gasteiger partial charge in [-0.15, -0.1) is 11.3 Å². The summed E-state index contributed by atoms with van der Waals surface area (Å²) in [7, 11) is -3.65. The predicted octanol–water partition coefficient (Wildman–Crippen LogP) is 1.67. The van der Waals surface area contributed by atoms with Crippen LogP contribution in [0.4, 0.5) is 5.82 Å². The average molecular weight is 354 g/mol. The van der Waals surface area contributed by atoms with Gasteiger partial charge in [0.05, 0.1) is 0 Å². The Kier molecular flexibility index (Phi) is 4.15. The number of carbonyl (C=O) groups excluding carboxylic acids is 1. The smallest absolute Gasteiger partial charge is 0.272 e. The fourth-order valence-electron chi connectivity index (χ4n) is 2.49. The number of thiophene rings is 1. The largest absolute Gasteiger partial charge is 0.338 e. The number of nitrogens with zero attached hydrogens (tertiary/aromatic N) is 3. The second kappa shape index (κ2) is 5.97. The number of aryl methyl sites for hydroxylation is 1. The first-order valence-electron chi connectivity index (χ1n) is 7.32. The van der Waals surface area contributed by atoms with E-state index in [2.05, 4.69) is 9.82 Å². The molecule has 0 saturated carbocycles. The maximum Gasteiger partial charge on any atom is 0.272 e. The highest BCUT2D eigenvalue weighted by Crippen LogP contribution is 2.31. The molecule has 0 atom stereocenters. The number of anilines is 1. The van der Waals surface area contributed by atoms with E-state index in [1.165, 1.54) is 18.3 Å². The molecule has 1 aliphatic rings. The van der Waals surface area contributed by atoms with Crippen molar-refractivity contribution in [1.29, 1.82) is 0 Å². The number of hydrogen-bond acceptors (Lipinski definition) is 5. The van der Waals surface area contributed by atoms with Crippen molar-refractivity contribution in [1.82, 2.24) is 14.7 Å². The zero-order chi connectivity index (χ0) is 16.6. The lowest BCUT2D eigenvalue weighted by atomic mass is 10.1. The number of rotatable bonds is 4. The zero-order valence-corrected chi connectivity index (χ0v) is 14.6. The standard InChI is InChI=1S/C14H18N4O3S2/c1-3-18-7-5-13(15-18)16-23(20,21)14-8-11-9-17(10(2)19)6-4-12(11)22-14/h5,7-8H,3-4,6,9H2,1-2H3,(H,15,16). The summed E-state index contributed by atoms with van der Waals surface area (Å²) in [6, 6.07) is 3.29. The van der Waals surface area contributed by atoms with E-state index in [1.54, 1.807) is 27.9 Å². The van der Waals surface area contributed by atoms with Crippen LogP contribution < -0.4 is 4.72 Å². The van der Waals surface area contributed by atoms with Crippen molar-refractivity contribution in [3.63, 3.8) is 0 Å². The first-order chi connectivity index (χ1) is 10.9. The minimum absolute atomic E-state index is 0.00878. The fraction of sp³-hybridized carbons (Fsp3) is 0.429. The van der Waals surface area contributed by atoms with E-state index >= 15 is 0 Å². The molecule has 124 valence electrons. The van der Waals surface area contributed by atoms with Gasteiger partial charge in [-0.2, -0.15) is 5.10 Å². The average Bonchev–Trinajstić information content (AvgIpc) is 3.12. The van der Waals surface area contributed by atoms with Crippen molar-refractivity contribution in [2.45, 2.75) is 37.6 Å². The van der Waals surface area contributed by atoms with Crippen LogP contribution in [0.1, 0.15) is 24.3 Å². The van der Waals surface area contributed by atoms with Crippen molar-refractivity contribution in [3.05, 3.63) is 28.8 Å². The van der Waals surface area contributed by atoms with Gasteiger partial charge >= 0.3 is 0 Å². The van der Waals surface area contributed by atoms with Gasteiger partial charge in [0.1, 0.15) is 4.21 Å². The summed E-state index contributed by atoms with van der Waals surface area (Å²) in [4.78, 5) is 14.2. The summed E-state index contributed by atoms with van der Waals surface area (Å²) in [5.74, 6) is 0.318. The Morgan fingerprint density at radius 1 is 1.48 bits per heavy atom. The van der Waals surface area contributed by atoms with Gasteiger partial charge in [-0.25, -0.2) is 8.42 Å². The van der Waals surface area contributed by atoms with Gasteiger partial charge in [0.2, 0.25) is 5.91 Å². The van der Waals surface area contributed by atoms with Crippen LogP contribution in [-0.2, 0) is 34.3 Å². The highest BCUT2D eigenvalue weighted by atomic mass is 32.2. The Hall–Kier alpha value is -1.87. The van der Waals surface area contributed by atoms with E-state index in [9.17, 15) is 13.2 Å². The first kappa shape index (κ1) is 16.0. The molecule has 3 rings (SSSR count). The topological polar surface area (TPSA) is 84.3 Å². The third-order valence-corrected chi connectivity index (χ3v) is 6.82. The van der Waals surface area contributed by atoms with Gasteiger partial charge < -0.3 is 4.90 Å². The Bertz CT molecular complexity index is 838. The number of hydrogen-bond donors (Lipinski definition) is 1. The summed E-state index contributed by atoms with van der Waals surface area (Å²) in [5, 5.41) is 4.13. The normalized spacial score (nSPS) is 14.6. The SMILES string of the molecule is CCn1ccc(NS(=O)(=O)c2cc3c(s2)CCN(C(C)=O)C3)n1. The van der Waals surface area contributed by atoms with E-state index in [4.69, 9.17) is 0 Å². The molecule has 0 unspecified atom stereocenters. The predicted molar refractivity (Wildman–Crippen MR) is 87.8 cm³/mol. The van der Waals surface area contributed by atoms with Crippen LogP contribution in [0.25, 0.3) is 0 Å². The highest BCUT2D eigenvalue weighted by Gasteiger charge is 2.25. The van der Waals surface area contributed by atoms with E-state index in [0.717, 1.165) is 10.4 Å². The monoisotopic (exact) mass is 354 g/mol. The quantitative estimate of drug-likeness (QED) is 0.905. The Morgan fingerprint density at radius 3 is 2.91 bits per heavy atom. The summed E-state index contributed by atoms with van der Waals surface area (Å²) in [6.07, 6.45) is 2.42. The lowest BCUT2D eigenvalue weighted by molar-refractivity contribution is -0.129. The molecule has 0 radical (unpaired) electrons. The number of nitrogens with one attached hydrogen (secondary N) is 1. The molecule has 9 heteroatoms. The molecular formula is C14H18N4O3S2. The molecule has 2 aromatic heterocycles. The van der Waals surface area contributed by atoms with Crippen molar-refractivity contribution in [2.24, 2.45) is 0 Å². The van der Waals surface area contributed by atoms with Gasteiger partial charge in [0.25, 0.3) is 10.0 Å². The van der Waals surface area contributed by atoms with E-state index < -0.39 is 10.0 Å². The van der Waals surface area contributed by atoms with Gasteiger partial charge in [-0.3, -0.25) is 14.2 Å². The molecule has 1 amide bonds. The van der Waals surface area contributed by atoms with Crippen LogP contribution in [0.3, 0.4) is 0 Å². The number of aromatic nitrogens is 2. The number of amides is 1. The molecule has 0 spiro atoms. The second-order valence-electron chi connectivity index (χ2n) is 5.37. The van der Waals surface area contributed by atoms with Gasteiger partial charge in [-0.1, -0.05) is 0 Å². The molecule has 3 heterocycles. The van der Waals surface area contributed by atoms with Crippen LogP contribution in [0.15, 0.2) is 22.5 Å². The zero-order valence-electron chi connectivity index (χ0n) is 12.9. The molecule has 0 saturated heterocycles. The lowest BCUT2D eigenvalue weighted by Crippen LogP contribution is -2.33. The van der Waals surface area contributed by atoms with Crippen LogP contribution in [0, 0.1) is 0 Å². The Balaban J connectivity index is 1.83. The van der Waals surface area contributed by atoms with Crippen LogP contribution in [0.5, 0.6) is 0 Å². The van der Waals surface area contributed by atoms with Crippen molar-refractivity contribution in [3.8, 4) is 0 Å². The van der Waals surface area contributed by atoms with E-state index in [1.807, 2.05) is 6.92 Å². The van der Waals surface area contributed by atoms with Crippen LogP contribution in [0.2, 0.25) is 0 Å². The molecule has 0 aromatic carbocycles. The minimum Gasteiger partial charge on any atom is -0.338 e. The molecule has 7 nitrogen and oxygen atoms in total. The van der Waals surface area contributed by atoms with E-state index in [0.29, 0.717) is 31.9 Å².